The number of carboxylic acids is 1. The van der Waals surface area contributed by atoms with Gasteiger partial charge in [-0.05, 0) is 30.2 Å². The van der Waals surface area contributed by atoms with E-state index in [9.17, 15) is 19.0 Å². The van der Waals surface area contributed by atoms with Gasteiger partial charge in [-0.3, -0.25) is 9.59 Å². The first-order chi connectivity index (χ1) is 10.4. The fourth-order valence-corrected chi connectivity index (χ4v) is 2.24. The largest absolute Gasteiger partial charge is 0.491 e. The molecule has 118 valence electrons. The number of likely N-dealkylation sites (N-methyl/N-ethyl adjacent to an activating group) is 1. The number of hydrogen-bond donors (Lipinski definition) is 3. The Morgan fingerprint density at radius 2 is 2.23 bits per heavy atom. The summed E-state index contributed by atoms with van der Waals surface area (Å²) in [6.45, 7) is 0.0328. The minimum absolute atomic E-state index is 0.0699. The molecule has 0 fully saturated rings. The number of nitrogens with zero attached hydrogens (tertiary/aromatic N) is 1. The van der Waals surface area contributed by atoms with Gasteiger partial charge < -0.3 is 25.0 Å². The molecular weight excluding hydrogens is 294 g/mol. The molecule has 1 amide bonds. The van der Waals surface area contributed by atoms with E-state index in [0.717, 1.165) is 11.0 Å². The van der Waals surface area contributed by atoms with Crippen molar-refractivity contribution in [2.24, 2.45) is 0 Å². The van der Waals surface area contributed by atoms with Gasteiger partial charge in [0, 0.05) is 13.1 Å². The zero-order valence-corrected chi connectivity index (χ0v) is 12.0. The predicted octanol–water partition coefficient (Wildman–Crippen LogP) is -1.21. The van der Waals surface area contributed by atoms with E-state index in [1.54, 1.807) is 7.05 Å². The second-order valence-electron chi connectivity index (χ2n) is 4.92. The monoisotopic (exact) mass is 310 g/mol. The molecule has 0 saturated heterocycles. The number of halogens is 1. The van der Waals surface area contributed by atoms with Gasteiger partial charge in [-0.25, -0.2) is 4.39 Å². The normalized spacial score (nSPS) is 13.1. The van der Waals surface area contributed by atoms with Crippen molar-refractivity contribution >= 4 is 24.5 Å². The van der Waals surface area contributed by atoms with E-state index in [-0.39, 0.29) is 18.7 Å². The minimum Gasteiger partial charge on any atom is -0.480 e. The molecule has 9 heteroatoms. The minimum atomic E-state index is -1.20. The third-order valence-electron chi connectivity index (χ3n) is 3.37. The number of hydrogen-bond acceptors (Lipinski definition) is 5. The molecule has 1 heterocycles. The molecule has 0 bridgehead atoms. The molecule has 1 aliphatic heterocycles. The van der Waals surface area contributed by atoms with Crippen LogP contribution in [0.4, 0.5) is 4.39 Å². The standard InChI is InChI=1S/C13H16BFN2O5/c1-16-2-3-17(6-12(18)19)13(20)9-5-10-8(4-11(9)15)7-22-14(10)21/h4-5,16,21H,2-3,6-7H2,1H3,(H,18,19). The number of rotatable bonds is 6. The summed E-state index contributed by atoms with van der Waals surface area (Å²) in [6, 6.07) is 2.36. The molecule has 0 spiro atoms. The van der Waals surface area contributed by atoms with E-state index in [4.69, 9.17) is 9.76 Å². The van der Waals surface area contributed by atoms with Crippen LogP contribution in [-0.4, -0.2) is 60.7 Å². The summed E-state index contributed by atoms with van der Waals surface area (Å²) in [6.07, 6.45) is 0. The molecule has 1 aromatic rings. The lowest BCUT2D eigenvalue weighted by Gasteiger charge is -2.21. The Bertz CT molecular complexity index is 598. The maximum Gasteiger partial charge on any atom is 0.491 e. The Hall–Kier alpha value is -1.97. The fraction of sp³-hybridized carbons (Fsp3) is 0.385. The van der Waals surface area contributed by atoms with Gasteiger partial charge in [0.15, 0.2) is 0 Å². The van der Waals surface area contributed by atoms with Crippen LogP contribution in [0.15, 0.2) is 12.1 Å². The second-order valence-corrected chi connectivity index (χ2v) is 4.92. The Morgan fingerprint density at radius 3 is 2.86 bits per heavy atom. The molecule has 0 atom stereocenters. The average molecular weight is 310 g/mol. The highest BCUT2D eigenvalue weighted by atomic mass is 19.1. The van der Waals surface area contributed by atoms with Crippen LogP contribution in [0.3, 0.4) is 0 Å². The second kappa shape index (κ2) is 6.86. The van der Waals surface area contributed by atoms with Gasteiger partial charge in [-0.1, -0.05) is 0 Å². The van der Waals surface area contributed by atoms with E-state index >= 15 is 0 Å². The molecule has 0 aromatic heterocycles. The van der Waals surface area contributed by atoms with Crippen molar-refractivity contribution in [1.29, 1.82) is 0 Å². The summed E-state index contributed by atoms with van der Waals surface area (Å²) in [4.78, 5) is 24.3. The summed E-state index contributed by atoms with van der Waals surface area (Å²) >= 11 is 0. The van der Waals surface area contributed by atoms with Gasteiger partial charge in [-0.2, -0.15) is 0 Å². The van der Waals surface area contributed by atoms with Crippen molar-refractivity contribution in [1.82, 2.24) is 10.2 Å². The number of carbonyl (C=O) groups excluding carboxylic acids is 1. The number of carboxylic acid groups (broad SMARTS) is 1. The van der Waals surface area contributed by atoms with Crippen LogP contribution in [0.5, 0.6) is 0 Å². The van der Waals surface area contributed by atoms with Crippen molar-refractivity contribution < 1.29 is 28.8 Å². The van der Waals surface area contributed by atoms with Gasteiger partial charge in [0.05, 0.1) is 12.2 Å². The van der Waals surface area contributed by atoms with Crippen LogP contribution in [0, 0.1) is 5.82 Å². The topological polar surface area (TPSA) is 99.1 Å². The van der Waals surface area contributed by atoms with Gasteiger partial charge in [-0.15, -0.1) is 0 Å². The number of nitrogens with one attached hydrogen (secondary N) is 1. The molecule has 0 unspecified atom stereocenters. The summed E-state index contributed by atoms with van der Waals surface area (Å²) in [7, 11) is 0.458. The quantitative estimate of drug-likeness (QED) is 0.570. The third kappa shape index (κ3) is 3.43. The maximum atomic E-state index is 14.1. The van der Waals surface area contributed by atoms with Crippen LogP contribution in [0.25, 0.3) is 0 Å². The number of carbonyl (C=O) groups is 2. The Kier molecular flexibility index (Phi) is 5.12. The van der Waals surface area contributed by atoms with Crippen LogP contribution in [0.1, 0.15) is 15.9 Å². The highest BCUT2D eigenvalue weighted by molar-refractivity contribution is 6.61. The van der Waals surface area contributed by atoms with Crippen molar-refractivity contribution in [2.75, 3.05) is 26.7 Å². The van der Waals surface area contributed by atoms with Gasteiger partial charge >= 0.3 is 13.1 Å². The van der Waals surface area contributed by atoms with E-state index < -0.39 is 31.4 Å². The van der Waals surface area contributed by atoms with Crippen LogP contribution >= 0.6 is 0 Å². The Balaban J connectivity index is 2.29. The van der Waals surface area contributed by atoms with Crippen molar-refractivity contribution in [3.05, 3.63) is 29.1 Å². The molecule has 0 aliphatic carbocycles. The number of aliphatic carboxylic acids is 1. The lowest BCUT2D eigenvalue weighted by Crippen LogP contribution is -2.40. The first-order valence-electron chi connectivity index (χ1n) is 6.71. The van der Waals surface area contributed by atoms with E-state index in [2.05, 4.69) is 5.32 Å². The van der Waals surface area contributed by atoms with Crippen LogP contribution in [0.2, 0.25) is 0 Å². The number of fused-ring (bicyclic) bond motifs is 1. The zero-order valence-electron chi connectivity index (χ0n) is 12.0. The highest BCUT2D eigenvalue weighted by Crippen LogP contribution is 2.17. The summed E-state index contributed by atoms with van der Waals surface area (Å²) in [5.41, 5.74) is 0.524. The molecule has 1 aliphatic rings. The number of amides is 1. The first-order valence-corrected chi connectivity index (χ1v) is 6.71. The molecular formula is C13H16BFN2O5. The van der Waals surface area contributed by atoms with Gasteiger partial charge in [0.25, 0.3) is 5.91 Å². The summed E-state index contributed by atoms with van der Waals surface area (Å²) < 4.78 is 19.1. The van der Waals surface area contributed by atoms with Gasteiger partial charge in [0.1, 0.15) is 12.4 Å². The first kappa shape index (κ1) is 16.4. The lowest BCUT2D eigenvalue weighted by molar-refractivity contribution is -0.137. The van der Waals surface area contributed by atoms with E-state index in [1.807, 2.05) is 0 Å². The molecule has 1 aromatic carbocycles. The highest BCUT2D eigenvalue weighted by Gasteiger charge is 2.31. The van der Waals surface area contributed by atoms with Crippen molar-refractivity contribution in [3.63, 3.8) is 0 Å². The fourth-order valence-electron chi connectivity index (χ4n) is 2.24. The average Bonchev–Trinajstić information content (AvgIpc) is 2.82. The Labute approximate surface area is 126 Å². The molecule has 0 saturated carbocycles. The SMILES string of the molecule is CNCCN(CC(=O)O)C(=O)c1cc2c(cc1F)COB2O. The maximum absolute atomic E-state index is 14.1. The predicted molar refractivity (Wildman–Crippen MR) is 76.3 cm³/mol. The third-order valence-corrected chi connectivity index (χ3v) is 3.37. The Morgan fingerprint density at radius 1 is 1.50 bits per heavy atom. The smallest absolute Gasteiger partial charge is 0.480 e. The molecule has 2 rings (SSSR count). The van der Waals surface area contributed by atoms with Crippen molar-refractivity contribution in [3.8, 4) is 0 Å². The van der Waals surface area contributed by atoms with Crippen LogP contribution < -0.4 is 10.8 Å². The van der Waals surface area contributed by atoms with Crippen LogP contribution in [-0.2, 0) is 16.1 Å². The molecule has 3 N–H and O–H groups in total. The summed E-state index contributed by atoms with van der Waals surface area (Å²) in [5, 5.41) is 21.3. The molecule has 0 radical (unpaired) electrons. The van der Waals surface area contributed by atoms with E-state index in [1.165, 1.54) is 6.07 Å². The van der Waals surface area contributed by atoms with E-state index in [0.29, 0.717) is 17.6 Å². The zero-order chi connectivity index (χ0) is 16.3. The number of benzene rings is 1. The summed E-state index contributed by atoms with van der Waals surface area (Å²) in [5.74, 6) is -2.69. The molecule has 22 heavy (non-hydrogen) atoms. The van der Waals surface area contributed by atoms with Gasteiger partial charge in [0.2, 0.25) is 0 Å². The molecule has 7 nitrogen and oxygen atoms in total. The lowest BCUT2D eigenvalue weighted by atomic mass is 9.78. The van der Waals surface area contributed by atoms with Crippen molar-refractivity contribution in [2.45, 2.75) is 6.61 Å².